The number of ether oxygens (including phenoxy) is 1. The minimum absolute atomic E-state index is 0.231. The molecular weight excluding hydrogens is 306 g/mol. The highest BCUT2D eigenvalue weighted by atomic mass is 16.5. The van der Waals surface area contributed by atoms with E-state index < -0.39 is 0 Å². The summed E-state index contributed by atoms with van der Waals surface area (Å²) in [5.74, 6) is 0.550. The van der Waals surface area contributed by atoms with E-state index in [1.807, 2.05) is 24.3 Å². The Hall–Kier alpha value is -3.09. The first-order chi connectivity index (χ1) is 11.7. The molecule has 0 saturated heterocycles. The Morgan fingerprint density at radius 2 is 2.00 bits per heavy atom. The number of aryl methyl sites for hydroxylation is 2. The van der Waals surface area contributed by atoms with Crippen LogP contribution in [0.3, 0.4) is 0 Å². The van der Waals surface area contributed by atoms with Crippen LogP contribution in [0.1, 0.15) is 23.0 Å². The van der Waals surface area contributed by atoms with E-state index in [0.717, 1.165) is 12.2 Å². The third kappa shape index (κ3) is 3.62. The fourth-order valence-corrected chi connectivity index (χ4v) is 2.25. The average molecular weight is 325 g/mol. The van der Waals surface area contributed by atoms with E-state index in [2.05, 4.69) is 22.4 Å². The van der Waals surface area contributed by atoms with Crippen molar-refractivity contribution in [3.05, 3.63) is 60.2 Å². The summed E-state index contributed by atoms with van der Waals surface area (Å²) >= 11 is 0. The Morgan fingerprint density at radius 3 is 2.67 bits per heavy atom. The summed E-state index contributed by atoms with van der Waals surface area (Å²) in [6.07, 6.45) is 5.88. The minimum Gasteiger partial charge on any atom is -0.471 e. The maximum atomic E-state index is 12.1. The molecule has 1 N–H and O–H groups in total. The van der Waals surface area contributed by atoms with E-state index in [1.54, 1.807) is 36.4 Å². The van der Waals surface area contributed by atoms with Crippen LogP contribution in [0.4, 0.5) is 5.69 Å². The van der Waals surface area contributed by atoms with Crippen LogP contribution in [-0.2, 0) is 20.2 Å². The number of benzene rings is 1. The molecule has 0 aliphatic carbocycles. The molecule has 0 bridgehead atoms. The molecular formula is C17H19N5O2. The zero-order valence-corrected chi connectivity index (χ0v) is 13.6. The van der Waals surface area contributed by atoms with E-state index in [0.29, 0.717) is 11.4 Å². The number of carbonyl (C=O) groups is 1. The van der Waals surface area contributed by atoms with Gasteiger partial charge in [0.1, 0.15) is 11.4 Å². The topological polar surface area (TPSA) is 74.0 Å². The zero-order valence-electron chi connectivity index (χ0n) is 13.6. The first-order valence-corrected chi connectivity index (χ1v) is 7.69. The van der Waals surface area contributed by atoms with Crippen LogP contribution < -0.4 is 10.1 Å². The molecule has 1 aromatic carbocycles. The van der Waals surface area contributed by atoms with Crippen LogP contribution in [0.2, 0.25) is 0 Å². The van der Waals surface area contributed by atoms with Crippen molar-refractivity contribution in [2.75, 3.05) is 5.32 Å². The molecule has 7 heteroatoms. The number of hydrogen-bond donors (Lipinski definition) is 1. The predicted octanol–water partition coefficient (Wildman–Crippen LogP) is 2.47. The molecule has 0 fully saturated rings. The molecule has 0 aliphatic heterocycles. The van der Waals surface area contributed by atoms with E-state index in [4.69, 9.17) is 4.74 Å². The van der Waals surface area contributed by atoms with Crippen molar-refractivity contribution in [3.63, 3.8) is 0 Å². The summed E-state index contributed by atoms with van der Waals surface area (Å²) < 4.78 is 8.81. The molecule has 124 valence electrons. The normalized spacial score (nSPS) is 10.6. The lowest BCUT2D eigenvalue weighted by atomic mass is 10.2. The van der Waals surface area contributed by atoms with E-state index in [9.17, 15) is 4.79 Å². The molecule has 3 rings (SSSR count). The predicted molar refractivity (Wildman–Crippen MR) is 89.8 cm³/mol. The Labute approximate surface area is 139 Å². The maximum absolute atomic E-state index is 12.1. The summed E-state index contributed by atoms with van der Waals surface area (Å²) in [5, 5.41) is 10.9. The number of nitrogens with one attached hydrogen (secondary N) is 1. The average Bonchev–Trinajstić information content (AvgIpc) is 3.22. The summed E-state index contributed by atoms with van der Waals surface area (Å²) in [7, 11) is 1.72. The van der Waals surface area contributed by atoms with Crippen molar-refractivity contribution in [2.24, 2.45) is 7.05 Å². The number of anilines is 1. The summed E-state index contributed by atoms with van der Waals surface area (Å²) in [5.41, 5.74) is 2.35. The Morgan fingerprint density at radius 1 is 1.21 bits per heavy atom. The molecule has 0 unspecified atom stereocenters. The molecule has 24 heavy (non-hydrogen) atoms. The number of amides is 1. The second-order valence-corrected chi connectivity index (χ2v) is 5.33. The van der Waals surface area contributed by atoms with Crippen molar-refractivity contribution in [3.8, 4) is 5.75 Å². The number of hydrogen-bond acceptors (Lipinski definition) is 4. The molecule has 1 amide bonds. The molecule has 0 radical (unpaired) electrons. The van der Waals surface area contributed by atoms with Crippen molar-refractivity contribution >= 4 is 11.6 Å². The first-order valence-electron chi connectivity index (χ1n) is 7.69. The van der Waals surface area contributed by atoms with Crippen molar-refractivity contribution < 1.29 is 9.53 Å². The van der Waals surface area contributed by atoms with Crippen LogP contribution in [0.25, 0.3) is 0 Å². The Bertz CT molecular complexity index is 820. The highest BCUT2D eigenvalue weighted by Crippen LogP contribution is 2.14. The largest absolute Gasteiger partial charge is 0.471 e. The maximum Gasteiger partial charge on any atom is 0.274 e. The Kier molecular flexibility index (Phi) is 4.60. The molecule has 2 heterocycles. The van der Waals surface area contributed by atoms with Crippen LogP contribution in [0.5, 0.6) is 5.75 Å². The van der Waals surface area contributed by atoms with Gasteiger partial charge in [-0.25, -0.2) is 4.68 Å². The van der Waals surface area contributed by atoms with Gasteiger partial charge in [-0.15, -0.1) is 0 Å². The lowest BCUT2D eigenvalue weighted by Gasteiger charge is -2.06. The van der Waals surface area contributed by atoms with Crippen LogP contribution >= 0.6 is 0 Å². The Balaban J connectivity index is 1.57. The minimum atomic E-state index is -0.231. The summed E-state index contributed by atoms with van der Waals surface area (Å²) in [4.78, 5) is 12.1. The molecule has 0 aliphatic rings. The molecule has 2 aromatic heterocycles. The van der Waals surface area contributed by atoms with Crippen molar-refractivity contribution in [2.45, 2.75) is 20.1 Å². The lowest BCUT2D eigenvalue weighted by molar-refractivity contribution is 0.101. The second-order valence-electron chi connectivity index (χ2n) is 5.33. The molecule has 0 spiro atoms. The number of nitrogens with zero attached hydrogens (tertiary/aromatic N) is 4. The fourth-order valence-electron chi connectivity index (χ4n) is 2.25. The van der Waals surface area contributed by atoms with Crippen LogP contribution in [0, 0.1) is 0 Å². The van der Waals surface area contributed by atoms with Gasteiger partial charge in [-0.05, 0) is 30.2 Å². The molecule has 0 saturated carbocycles. The molecule has 7 nitrogen and oxygen atoms in total. The van der Waals surface area contributed by atoms with Crippen LogP contribution in [-0.4, -0.2) is 25.5 Å². The van der Waals surface area contributed by atoms with Gasteiger partial charge in [0.15, 0.2) is 6.73 Å². The van der Waals surface area contributed by atoms with E-state index >= 15 is 0 Å². The van der Waals surface area contributed by atoms with Gasteiger partial charge >= 0.3 is 0 Å². The number of aromatic nitrogens is 4. The van der Waals surface area contributed by atoms with Gasteiger partial charge in [0, 0.05) is 13.2 Å². The van der Waals surface area contributed by atoms with E-state index in [1.165, 1.54) is 10.2 Å². The smallest absolute Gasteiger partial charge is 0.274 e. The summed E-state index contributed by atoms with van der Waals surface area (Å²) in [6.45, 7) is 2.38. The number of carbonyl (C=O) groups excluding carboxylic acids is 1. The molecule has 3 aromatic rings. The monoisotopic (exact) mass is 325 g/mol. The van der Waals surface area contributed by atoms with E-state index in [-0.39, 0.29) is 12.6 Å². The van der Waals surface area contributed by atoms with Gasteiger partial charge in [0.25, 0.3) is 5.91 Å². The second kappa shape index (κ2) is 6.99. The van der Waals surface area contributed by atoms with Gasteiger partial charge in [0.05, 0.1) is 18.1 Å². The fraction of sp³-hybridized carbons (Fsp3) is 0.235. The lowest BCUT2D eigenvalue weighted by Crippen LogP contribution is -2.15. The van der Waals surface area contributed by atoms with Gasteiger partial charge in [0.2, 0.25) is 0 Å². The van der Waals surface area contributed by atoms with Crippen molar-refractivity contribution in [1.29, 1.82) is 0 Å². The third-order valence-corrected chi connectivity index (χ3v) is 3.64. The number of rotatable bonds is 6. The standard InChI is InChI=1S/C17H19N5O2/c1-3-13-4-6-15(7-5-13)24-12-22-11-14(10-19-22)20-17(23)16-8-9-18-21(16)2/h4-11H,3,12H2,1-2H3,(H,20,23). The van der Waals surface area contributed by atoms with Gasteiger partial charge in [-0.3, -0.25) is 9.48 Å². The van der Waals surface area contributed by atoms with Gasteiger partial charge < -0.3 is 10.1 Å². The zero-order chi connectivity index (χ0) is 16.9. The first kappa shape index (κ1) is 15.8. The van der Waals surface area contributed by atoms with Crippen LogP contribution in [0.15, 0.2) is 48.9 Å². The van der Waals surface area contributed by atoms with Crippen molar-refractivity contribution in [1.82, 2.24) is 19.6 Å². The highest BCUT2D eigenvalue weighted by Gasteiger charge is 2.11. The van der Waals surface area contributed by atoms with Gasteiger partial charge in [-0.1, -0.05) is 19.1 Å². The molecule has 0 atom stereocenters. The third-order valence-electron chi connectivity index (χ3n) is 3.64. The quantitative estimate of drug-likeness (QED) is 0.755. The SMILES string of the molecule is CCc1ccc(OCn2cc(NC(=O)c3ccnn3C)cn2)cc1. The highest BCUT2D eigenvalue weighted by molar-refractivity contribution is 6.02. The van der Waals surface area contributed by atoms with Gasteiger partial charge in [-0.2, -0.15) is 10.2 Å². The summed E-state index contributed by atoms with van der Waals surface area (Å²) in [6, 6.07) is 9.61.